The molecule has 1 aromatic rings. The average Bonchev–Trinajstić information content (AvgIpc) is 2.59. The van der Waals surface area contributed by atoms with Gasteiger partial charge in [0.15, 0.2) is 5.17 Å². The van der Waals surface area contributed by atoms with E-state index < -0.39 is 41.6 Å². The summed E-state index contributed by atoms with van der Waals surface area (Å²) in [5.41, 5.74) is -1.69. The Morgan fingerprint density at radius 3 is 2.82 bits per heavy atom. The summed E-state index contributed by atoms with van der Waals surface area (Å²) < 4.78 is 52.0. The summed E-state index contributed by atoms with van der Waals surface area (Å²) in [6, 6.07) is 3.28. The summed E-state index contributed by atoms with van der Waals surface area (Å²) in [6.45, 7) is 4.50. The lowest BCUT2D eigenvalue weighted by Gasteiger charge is -2.46. The topological polar surface area (TPSA) is 59.9 Å². The second kappa shape index (κ2) is 7.94. The number of carbonyl (C=O) groups excluding carboxylic acids is 1. The van der Waals surface area contributed by atoms with E-state index in [1.54, 1.807) is 20.8 Å². The Labute approximate surface area is 166 Å². The fraction of sp³-hybridized carbons (Fsp3) is 0.579. The van der Waals surface area contributed by atoms with Gasteiger partial charge >= 0.3 is 6.09 Å². The number of hydrogen-bond donors (Lipinski definition) is 1. The standard InChI is InChI=1S/C19H23F3N2O3S/c1-18(2,3)27-17(25)23-16-24-19(14-5-4-12(21)7-15(14)22)10-26-13(8-20)6-11(19)9-28-16/h4-5,7,11,13H,6,8-10H2,1-3H3,(H,23,24,25). The summed E-state index contributed by atoms with van der Waals surface area (Å²) in [4.78, 5) is 16.7. The maximum atomic E-state index is 14.6. The Morgan fingerprint density at radius 2 is 2.18 bits per heavy atom. The zero-order valence-corrected chi connectivity index (χ0v) is 16.7. The number of alkyl halides is 1. The van der Waals surface area contributed by atoms with E-state index in [1.807, 2.05) is 0 Å². The molecule has 0 aliphatic carbocycles. The highest BCUT2D eigenvalue weighted by atomic mass is 32.2. The molecule has 2 aliphatic rings. The minimum absolute atomic E-state index is 0.0607. The van der Waals surface area contributed by atoms with Crippen LogP contribution < -0.4 is 5.32 Å². The molecule has 1 N–H and O–H groups in total. The first-order chi connectivity index (χ1) is 13.1. The van der Waals surface area contributed by atoms with Crippen LogP contribution in [0.2, 0.25) is 0 Å². The lowest BCUT2D eigenvalue weighted by atomic mass is 9.75. The maximum absolute atomic E-state index is 14.6. The van der Waals surface area contributed by atoms with Crippen molar-refractivity contribution in [1.82, 2.24) is 5.32 Å². The van der Waals surface area contributed by atoms with Crippen LogP contribution in [0, 0.1) is 17.6 Å². The molecule has 1 saturated heterocycles. The molecule has 28 heavy (non-hydrogen) atoms. The van der Waals surface area contributed by atoms with Gasteiger partial charge in [-0.25, -0.2) is 23.0 Å². The SMILES string of the molecule is CC(C)(C)OC(=O)NC1=NC2(c3ccc(F)cc3F)COC(CF)CC2CS1. The second-order valence-corrected chi connectivity index (χ2v) is 8.93. The predicted molar refractivity (Wildman–Crippen MR) is 101 cm³/mol. The molecule has 0 radical (unpaired) electrons. The minimum Gasteiger partial charge on any atom is -0.444 e. The lowest BCUT2D eigenvalue weighted by Crippen LogP contribution is -2.51. The molecule has 2 heterocycles. The number of thioether (sulfide) groups is 1. The van der Waals surface area contributed by atoms with Crippen molar-refractivity contribution in [3.05, 3.63) is 35.4 Å². The smallest absolute Gasteiger partial charge is 0.413 e. The second-order valence-electron chi connectivity index (χ2n) is 7.92. The van der Waals surface area contributed by atoms with Crippen molar-refractivity contribution >= 4 is 23.0 Å². The number of carbonyl (C=O) groups is 1. The fourth-order valence-electron chi connectivity index (χ4n) is 3.43. The third kappa shape index (κ3) is 4.46. The van der Waals surface area contributed by atoms with Gasteiger partial charge in [0.05, 0.1) is 12.7 Å². The van der Waals surface area contributed by atoms with E-state index in [9.17, 15) is 18.0 Å². The molecule has 0 spiro atoms. The lowest BCUT2D eigenvalue weighted by molar-refractivity contribution is -0.0653. The van der Waals surface area contributed by atoms with Crippen molar-refractivity contribution in [3.8, 4) is 0 Å². The molecule has 3 unspecified atom stereocenters. The number of amidine groups is 1. The van der Waals surface area contributed by atoms with Crippen LogP contribution in [-0.4, -0.2) is 42.0 Å². The zero-order valence-electron chi connectivity index (χ0n) is 15.9. The van der Waals surface area contributed by atoms with Gasteiger partial charge in [0.1, 0.15) is 29.4 Å². The first-order valence-electron chi connectivity index (χ1n) is 8.99. The summed E-state index contributed by atoms with van der Waals surface area (Å²) >= 11 is 1.28. The van der Waals surface area contributed by atoms with E-state index in [4.69, 9.17) is 9.47 Å². The number of ether oxygens (including phenoxy) is 2. The van der Waals surface area contributed by atoms with Crippen LogP contribution in [0.1, 0.15) is 32.8 Å². The van der Waals surface area contributed by atoms with Crippen LogP contribution in [0.15, 0.2) is 23.2 Å². The summed E-state index contributed by atoms with van der Waals surface area (Å²) in [5, 5.41) is 2.85. The normalized spacial score (nSPS) is 27.6. The van der Waals surface area contributed by atoms with Crippen LogP contribution in [-0.2, 0) is 15.0 Å². The zero-order chi connectivity index (χ0) is 20.5. The van der Waals surface area contributed by atoms with Crippen LogP contribution >= 0.6 is 11.8 Å². The number of nitrogens with zero attached hydrogens (tertiary/aromatic N) is 1. The number of fused-ring (bicyclic) bond motifs is 1. The minimum atomic E-state index is -1.17. The highest BCUT2D eigenvalue weighted by Crippen LogP contribution is 2.47. The largest absolute Gasteiger partial charge is 0.444 e. The van der Waals surface area contributed by atoms with Crippen molar-refractivity contribution < 1.29 is 27.4 Å². The highest BCUT2D eigenvalue weighted by molar-refractivity contribution is 8.13. The van der Waals surface area contributed by atoms with Gasteiger partial charge in [-0.15, -0.1) is 0 Å². The Morgan fingerprint density at radius 1 is 1.43 bits per heavy atom. The Balaban J connectivity index is 1.95. The van der Waals surface area contributed by atoms with Crippen molar-refractivity contribution in [2.75, 3.05) is 19.0 Å². The molecule has 3 atom stereocenters. The average molecular weight is 416 g/mol. The maximum Gasteiger partial charge on any atom is 0.413 e. The van der Waals surface area contributed by atoms with Crippen molar-refractivity contribution in [1.29, 1.82) is 0 Å². The highest BCUT2D eigenvalue weighted by Gasteiger charge is 2.49. The third-order valence-corrected chi connectivity index (χ3v) is 5.70. The molecule has 1 aromatic carbocycles. The number of alkyl carbamates (subject to hydrolysis) is 1. The predicted octanol–water partition coefficient (Wildman–Crippen LogP) is 4.16. The molecule has 0 bridgehead atoms. The van der Waals surface area contributed by atoms with Crippen molar-refractivity contribution in [3.63, 3.8) is 0 Å². The van der Waals surface area contributed by atoms with Crippen LogP contribution in [0.4, 0.5) is 18.0 Å². The summed E-state index contributed by atoms with van der Waals surface area (Å²) in [6.07, 6.45) is -0.910. The third-order valence-electron chi connectivity index (χ3n) is 4.66. The van der Waals surface area contributed by atoms with Crippen LogP contribution in [0.5, 0.6) is 0 Å². The quantitative estimate of drug-likeness (QED) is 0.787. The summed E-state index contributed by atoms with van der Waals surface area (Å²) in [7, 11) is 0. The van der Waals surface area contributed by atoms with E-state index in [0.29, 0.717) is 12.2 Å². The number of hydrogen-bond acceptors (Lipinski definition) is 5. The molecular formula is C19H23F3N2O3S. The number of benzene rings is 1. The van der Waals surface area contributed by atoms with Crippen molar-refractivity contribution in [2.24, 2.45) is 10.9 Å². The molecule has 0 saturated carbocycles. The molecule has 1 fully saturated rings. The van der Waals surface area contributed by atoms with Crippen LogP contribution in [0.3, 0.4) is 0 Å². The number of amides is 1. The van der Waals surface area contributed by atoms with E-state index >= 15 is 0 Å². The molecule has 154 valence electrons. The number of aliphatic imine (C=N–C) groups is 1. The van der Waals surface area contributed by atoms with E-state index in [0.717, 1.165) is 12.1 Å². The van der Waals surface area contributed by atoms with E-state index in [2.05, 4.69) is 10.3 Å². The number of rotatable bonds is 2. The Kier molecular flexibility index (Phi) is 5.95. The van der Waals surface area contributed by atoms with Gasteiger partial charge in [0.25, 0.3) is 0 Å². The van der Waals surface area contributed by atoms with Gasteiger partial charge in [-0.3, -0.25) is 5.32 Å². The van der Waals surface area contributed by atoms with E-state index in [-0.39, 0.29) is 23.3 Å². The van der Waals surface area contributed by atoms with Crippen LogP contribution in [0.25, 0.3) is 0 Å². The fourth-order valence-corrected chi connectivity index (χ4v) is 4.58. The van der Waals surface area contributed by atoms with Crippen molar-refractivity contribution in [2.45, 2.75) is 44.4 Å². The Bertz CT molecular complexity index is 784. The van der Waals surface area contributed by atoms with Gasteiger partial charge < -0.3 is 9.47 Å². The molecule has 3 rings (SSSR count). The number of nitrogens with one attached hydrogen (secondary N) is 1. The molecule has 2 aliphatic heterocycles. The van der Waals surface area contributed by atoms with Gasteiger partial charge in [-0.1, -0.05) is 17.8 Å². The van der Waals surface area contributed by atoms with Gasteiger partial charge in [0.2, 0.25) is 0 Å². The Hall–Kier alpha value is -1.74. The molecular weight excluding hydrogens is 393 g/mol. The van der Waals surface area contributed by atoms with Gasteiger partial charge in [-0.2, -0.15) is 0 Å². The first-order valence-corrected chi connectivity index (χ1v) is 9.97. The first kappa shape index (κ1) is 21.0. The molecule has 5 nitrogen and oxygen atoms in total. The molecule has 1 amide bonds. The van der Waals surface area contributed by atoms with E-state index in [1.165, 1.54) is 17.8 Å². The molecule has 0 aromatic heterocycles. The number of halogens is 3. The molecule has 9 heteroatoms. The summed E-state index contributed by atoms with van der Waals surface area (Å²) in [5.74, 6) is -1.20. The monoisotopic (exact) mass is 416 g/mol. The van der Waals surface area contributed by atoms with Gasteiger partial charge in [-0.05, 0) is 33.3 Å². The van der Waals surface area contributed by atoms with Gasteiger partial charge in [0, 0.05) is 23.3 Å².